The summed E-state index contributed by atoms with van der Waals surface area (Å²) in [5.41, 5.74) is 1.97. The van der Waals surface area contributed by atoms with Crippen LogP contribution in [0.3, 0.4) is 0 Å². The van der Waals surface area contributed by atoms with Gasteiger partial charge in [-0.2, -0.15) is 0 Å². The number of nitrogens with zero attached hydrogens (tertiary/aromatic N) is 1. The minimum Gasteiger partial charge on any atom is -0.497 e. The molecule has 1 aliphatic rings. The molecule has 1 N–H and O–H groups in total. The van der Waals surface area contributed by atoms with Crippen LogP contribution in [0.15, 0.2) is 48.5 Å². The van der Waals surface area contributed by atoms with E-state index in [1.54, 1.807) is 12.0 Å². The standard InChI is InChI=1S/C27H36N2O4/c1-4-25(27(31)28-22-12-6-5-7-13-22)29(18-21-11-9-14-23(17-21)32-3)26(30)19-33-24-15-8-10-20(2)16-24/h8-11,14-17,22,25H,4-7,12-13,18-19H2,1-3H3,(H,28,31)/t25-/m0/s1. The van der Waals surface area contributed by atoms with Crippen molar-refractivity contribution in [2.75, 3.05) is 13.7 Å². The molecule has 6 nitrogen and oxygen atoms in total. The molecule has 0 heterocycles. The van der Waals surface area contributed by atoms with Crippen LogP contribution >= 0.6 is 0 Å². The number of hydrogen-bond donors (Lipinski definition) is 1. The highest BCUT2D eigenvalue weighted by atomic mass is 16.5. The molecule has 2 aromatic carbocycles. The molecule has 0 bridgehead atoms. The van der Waals surface area contributed by atoms with Gasteiger partial charge in [-0.1, -0.05) is 50.5 Å². The van der Waals surface area contributed by atoms with Gasteiger partial charge in [0, 0.05) is 12.6 Å². The number of hydrogen-bond acceptors (Lipinski definition) is 4. The number of ether oxygens (including phenoxy) is 2. The summed E-state index contributed by atoms with van der Waals surface area (Å²) in [6.45, 7) is 4.11. The quantitative estimate of drug-likeness (QED) is 0.570. The van der Waals surface area contributed by atoms with Crippen molar-refractivity contribution in [2.45, 2.75) is 71.0 Å². The van der Waals surface area contributed by atoms with Crippen LogP contribution in [-0.4, -0.2) is 42.5 Å². The van der Waals surface area contributed by atoms with E-state index in [2.05, 4.69) is 5.32 Å². The molecule has 178 valence electrons. The Labute approximate surface area is 197 Å². The molecule has 33 heavy (non-hydrogen) atoms. The fourth-order valence-corrected chi connectivity index (χ4v) is 4.36. The fraction of sp³-hybridized carbons (Fsp3) is 0.481. The van der Waals surface area contributed by atoms with E-state index >= 15 is 0 Å². The first-order chi connectivity index (χ1) is 16.0. The summed E-state index contributed by atoms with van der Waals surface area (Å²) in [6, 6.07) is 14.8. The van der Waals surface area contributed by atoms with Crippen LogP contribution in [0.5, 0.6) is 11.5 Å². The zero-order valence-corrected chi connectivity index (χ0v) is 20.0. The predicted molar refractivity (Wildman–Crippen MR) is 129 cm³/mol. The summed E-state index contributed by atoms with van der Waals surface area (Å²) in [7, 11) is 1.62. The average Bonchev–Trinajstić information content (AvgIpc) is 2.83. The van der Waals surface area contributed by atoms with Gasteiger partial charge in [-0.25, -0.2) is 0 Å². The van der Waals surface area contributed by atoms with Crippen molar-refractivity contribution in [3.8, 4) is 11.5 Å². The lowest BCUT2D eigenvalue weighted by Crippen LogP contribution is -2.52. The van der Waals surface area contributed by atoms with Gasteiger partial charge in [-0.15, -0.1) is 0 Å². The van der Waals surface area contributed by atoms with Crippen LogP contribution in [0.4, 0.5) is 0 Å². The Balaban J connectivity index is 1.77. The van der Waals surface area contributed by atoms with Crippen LogP contribution in [0, 0.1) is 6.92 Å². The number of nitrogens with one attached hydrogen (secondary N) is 1. The molecule has 0 spiro atoms. The molecule has 1 atom stereocenters. The van der Waals surface area contributed by atoms with Gasteiger partial charge < -0.3 is 19.7 Å². The minimum atomic E-state index is -0.563. The third-order valence-corrected chi connectivity index (χ3v) is 6.18. The lowest BCUT2D eigenvalue weighted by atomic mass is 9.95. The normalized spacial score (nSPS) is 14.9. The van der Waals surface area contributed by atoms with Gasteiger partial charge in [0.05, 0.1) is 7.11 Å². The average molecular weight is 453 g/mol. The maximum Gasteiger partial charge on any atom is 0.261 e. The van der Waals surface area contributed by atoms with Crippen molar-refractivity contribution in [3.63, 3.8) is 0 Å². The number of rotatable bonds is 10. The summed E-state index contributed by atoms with van der Waals surface area (Å²) >= 11 is 0. The molecule has 0 radical (unpaired) electrons. The van der Waals surface area contributed by atoms with Gasteiger partial charge in [-0.05, 0) is 61.6 Å². The van der Waals surface area contributed by atoms with Crippen LogP contribution in [0.25, 0.3) is 0 Å². The van der Waals surface area contributed by atoms with Crippen molar-refractivity contribution in [1.29, 1.82) is 0 Å². The largest absolute Gasteiger partial charge is 0.497 e. The number of aryl methyl sites for hydroxylation is 1. The SMILES string of the molecule is CC[C@@H](C(=O)NC1CCCCC1)N(Cc1cccc(OC)c1)C(=O)COc1cccc(C)c1. The summed E-state index contributed by atoms with van der Waals surface area (Å²) < 4.78 is 11.1. The molecule has 1 fully saturated rings. The van der Waals surface area contributed by atoms with Crippen molar-refractivity contribution >= 4 is 11.8 Å². The Morgan fingerprint density at radius 1 is 1.06 bits per heavy atom. The summed E-state index contributed by atoms with van der Waals surface area (Å²) in [5.74, 6) is 1.06. The van der Waals surface area contributed by atoms with Crippen molar-refractivity contribution in [1.82, 2.24) is 10.2 Å². The van der Waals surface area contributed by atoms with Gasteiger partial charge in [-0.3, -0.25) is 9.59 Å². The molecule has 0 unspecified atom stereocenters. The van der Waals surface area contributed by atoms with Crippen molar-refractivity contribution in [3.05, 3.63) is 59.7 Å². The summed E-state index contributed by atoms with van der Waals surface area (Å²) in [5, 5.41) is 3.20. The first-order valence-corrected chi connectivity index (χ1v) is 11.9. The van der Waals surface area contributed by atoms with Crippen LogP contribution in [-0.2, 0) is 16.1 Å². The molecule has 6 heteroatoms. The van der Waals surface area contributed by atoms with E-state index in [-0.39, 0.29) is 24.5 Å². The first-order valence-electron chi connectivity index (χ1n) is 11.9. The van der Waals surface area contributed by atoms with Crippen molar-refractivity contribution in [2.24, 2.45) is 0 Å². The van der Waals surface area contributed by atoms with Gasteiger partial charge in [0.25, 0.3) is 5.91 Å². The lowest BCUT2D eigenvalue weighted by Gasteiger charge is -2.32. The molecule has 0 aliphatic heterocycles. The maximum absolute atomic E-state index is 13.3. The Bertz CT molecular complexity index is 924. The van der Waals surface area contributed by atoms with E-state index in [1.807, 2.05) is 62.4 Å². The Morgan fingerprint density at radius 3 is 2.48 bits per heavy atom. The third kappa shape index (κ3) is 7.24. The second-order valence-electron chi connectivity index (χ2n) is 8.75. The molecule has 2 aromatic rings. The Morgan fingerprint density at radius 2 is 1.79 bits per heavy atom. The van der Waals surface area contributed by atoms with Crippen LogP contribution in [0.1, 0.15) is 56.6 Å². The molecular weight excluding hydrogens is 416 g/mol. The molecule has 1 saturated carbocycles. The molecule has 0 aromatic heterocycles. The highest BCUT2D eigenvalue weighted by Crippen LogP contribution is 2.21. The number of methoxy groups -OCH3 is 1. The molecule has 2 amide bonds. The highest BCUT2D eigenvalue weighted by Gasteiger charge is 2.30. The van der Waals surface area contributed by atoms with E-state index in [4.69, 9.17) is 9.47 Å². The Kier molecular flexibility index (Phi) is 9.16. The zero-order valence-electron chi connectivity index (χ0n) is 20.0. The van der Waals surface area contributed by atoms with E-state index in [0.29, 0.717) is 18.7 Å². The van der Waals surface area contributed by atoms with Gasteiger partial charge in [0.1, 0.15) is 17.5 Å². The van der Waals surface area contributed by atoms with E-state index in [0.717, 1.165) is 42.6 Å². The number of carbonyl (C=O) groups excluding carboxylic acids is 2. The van der Waals surface area contributed by atoms with Crippen LogP contribution in [0.2, 0.25) is 0 Å². The van der Waals surface area contributed by atoms with E-state index in [1.165, 1.54) is 6.42 Å². The molecule has 1 aliphatic carbocycles. The fourth-order valence-electron chi connectivity index (χ4n) is 4.36. The summed E-state index contributed by atoms with van der Waals surface area (Å²) in [6.07, 6.45) is 6.03. The highest BCUT2D eigenvalue weighted by molar-refractivity contribution is 5.88. The molecular formula is C27H36N2O4. The van der Waals surface area contributed by atoms with Gasteiger partial charge in [0.2, 0.25) is 5.91 Å². The second kappa shape index (κ2) is 12.3. The van der Waals surface area contributed by atoms with Crippen molar-refractivity contribution < 1.29 is 19.1 Å². The summed E-state index contributed by atoms with van der Waals surface area (Å²) in [4.78, 5) is 28.2. The first kappa shape index (κ1) is 24.6. The topological polar surface area (TPSA) is 67.9 Å². The lowest BCUT2D eigenvalue weighted by molar-refractivity contribution is -0.143. The van der Waals surface area contributed by atoms with Crippen LogP contribution < -0.4 is 14.8 Å². The monoisotopic (exact) mass is 452 g/mol. The smallest absolute Gasteiger partial charge is 0.261 e. The minimum absolute atomic E-state index is 0.0869. The molecule has 3 rings (SSSR count). The zero-order chi connectivity index (χ0) is 23.6. The van der Waals surface area contributed by atoms with Gasteiger partial charge >= 0.3 is 0 Å². The van der Waals surface area contributed by atoms with E-state index in [9.17, 15) is 9.59 Å². The third-order valence-electron chi connectivity index (χ3n) is 6.18. The predicted octanol–water partition coefficient (Wildman–Crippen LogP) is 4.64. The molecule has 0 saturated heterocycles. The van der Waals surface area contributed by atoms with E-state index < -0.39 is 6.04 Å². The number of benzene rings is 2. The number of carbonyl (C=O) groups is 2. The number of amides is 2. The van der Waals surface area contributed by atoms with Gasteiger partial charge in [0.15, 0.2) is 6.61 Å². The maximum atomic E-state index is 13.3. The second-order valence-corrected chi connectivity index (χ2v) is 8.75. The Hall–Kier alpha value is -3.02.